The van der Waals surface area contributed by atoms with Crippen LogP contribution in [0, 0.1) is 0 Å². The highest BCUT2D eigenvalue weighted by Gasteiger charge is 2.15. The molecule has 2 amide bonds. The monoisotopic (exact) mass is 355 g/mol. The zero-order valence-corrected chi connectivity index (χ0v) is 15.1. The van der Waals surface area contributed by atoms with Crippen LogP contribution in [0.2, 0.25) is 0 Å². The molecule has 0 fully saturated rings. The molecule has 0 aliphatic carbocycles. The van der Waals surface area contributed by atoms with Crippen LogP contribution in [-0.2, 0) is 9.59 Å². The summed E-state index contributed by atoms with van der Waals surface area (Å²) in [7, 11) is 3.93. The summed E-state index contributed by atoms with van der Waals surface area (Å²) in [5.41, 5.74) is 1.12. The zero-order valence-electron chi connectivity index (χ0n) is 15.1. The molecule has 138 valence electrons. The van der Waals surface area contributed by atoms with Crippen LogP contribution in [0.3, 0.4) is 0 Å². The van der Waals surface area contributed by atoms with E-state index in [1.165, 1.54) is 0 Å². The molecule has 0 aliphatic heterocycles. The standard InChI is InChI=1S/C20H25N3O3/c1-23(2)18(16-9-5-3-6-10-16)13-21-19(24)14-22-20(25)15-26-17-11-7-4-8-12-17/h3-12,18H,13-15H2,1-2H3,(H,21,24)(H,22,25). The Morgan fingerprint density at radius 2 is 1.54 bits per heavy atom. The van der Waals surface area contributed by atoms with Crippen molar-refractivity contribution < 1.29 is 14.3 Å². The summed E-state index contributed by atoms with van der Waals surface area (Å²) in [4.78, 5) is 25.8. The first-order valence-corrected chi connectivity index (χ1v) is 8.49. The van der Waals surface area contributed by atoms with E-state index in [2.05, 4.69) is 10.6 Å². The van der Waals surface area contributed by atoms with Crippen LogP contribution in [0.15, 0.2) is 60.7 Å². The lowest BCUT2D eigenvalue weighted by Gasteiger charge is -2.25. The molecule has 6 heteroatoms. The van der Waals surface area contributed by atoms with Crippen LogP contribution in [-0.4, -0.2) is 50.5 Å². The fraction of sp³-hybridized carbons (Fsp3) is 0.300. The van der Waals surface area contributed by atoms with E-state index in [0.29, 0.717) is 12.3 Å². The highest BCUT2D eigenvalue weighted by Crippen LogP contribution is 2.16. The average molecular weight is 355 g/mol. The van der Waals surface area contributed by atoms with E-state index in [1.54, 1.807) is 12.1 Å². The van der Waals surface area contributed by atoms with E-state index in [1.807, 2.05) is 67.5 Å². The third-order valence-corrected chi connectivity index (χ3v) is 3.86. The lowest BCUT2D eigenvalue weighted by molar-refractivity contribution is -0.127. The second-order valence-corrected chi connectivity index (χ2v) is 6.07. The Balaban J connectivity index is 1.71. The lowest BCUT2D eigenvalue weighted by atomic mass is 10.1. The van der Waals surface area contributed by atoms with E-state index >= 15 is 0 Å². The van der Waals surface area contributed by atoms with E-state index in [0.717, 1.165) is 5.56 Å². The van der Waals surface area contributed by atoms with E-state index in [9.17, 15) is 9.59 Å². The normalized spacial score (nSPS) is 11.7. The number of nitrogens with one attached hydrogen (secondary N) is 2. The van der Waals surface area contributed by atoms with Crippen LogP contribution in [0.1, 0.15) is 11.6 Å². The molecular formula is C20H25N3O3. The Morgan fingerprint density at radius 3 is 2.15 bits per heavy atom. The smallest absolute Gasteiger partial charge is 0.258 e. The van der Waals surface area contributed by atoms with Crippen molar-refractivity contribution in [3.8, 4) is 5.75 Å². The number of ether oxygens (including phenoxy) is 1. The Bertz CT molecular complexity index is 690. The largest absolute Gasteiger partial charge is 0.484 e. The van der Waals surface area contributed by atoms with Crippen LogP contribution in [0.5, 0.6) is 5.75 Å². The van der Waals surface area contributed by atoms with Gasteiger partial charge in [0.15, 0.2) is 6.61 Å². The van der Waals surface area contributed by atoms with Gasteiger partial charge in [0.25, 0.3) is 5.91 Å². The van der Waals surface area contributed by atoms with E-state index < -0.39 is 0 Å². The number of benzene rings is 2. The number of hydrogen-bond acceptors (Lipinski definition) is 4. The zero-order chi connectivity index (χ0) is 18.8. The van der Waals surface area contributed by atoms with Gasteiger partial charge in [-0.25, -0.2) is 0 Å². The molecule has 26 heavy (non-hydrogen) atoms. The highest BCUT2D eigenvalue weighted by molar-refractivity contribution is 5.85. The maximum Gasteiger partial charge on any atom is 0.258 e. The van der Waals surface area contributed by atoms with E-state index in [4.69, 9.17) is 4.74 Å². The number of para-hydroxylation sites is 1. The SMILES string of the molecule is CN(C)C(CNC(=O)CNC(=O)COc1ccccc1)c1ccccc1. The molecule has 0 radical (unpaired) electrons. The Kier molecular flexibility index (Phi) is 7.64. The molecule has 2 rings (SSSR count). The second-order valence-electron chi connectivity index (χ2n) is 6.07. The van der Waals surface area contributed by atoms with Crippen molar-refractivity contribution in [3.05, 3.63) is 66.2 Å². The molecule has 1 atom stereocenters. The Labute approximate surface area is 154 Å². The fourth-order valence-electron chi connectivity index (χ4n) is 2.44. The van der Waals surface area contributed by atoms with Gasteiger partial charge in [0.2, 0.25) is 5.91 Å². The molecular weight excluding hydrogens is 330 g/mol. The average Bonchev–Trinajstić information content (AvgIpc) is 2.66. The van der Waals surface area contributed by atoms with Crippen LogP contribution in [0.25, 0.3) is 0 Å². The molecule has 0 aromatic heterocycles. The maximum atomic E-state index is 12.0. The van der Waals surface area contributed by atoms with E-state index in [-0.39, 0.29) is 31.0 Å². The van der Waals surface area contributed by atoms with Crippen molar-refractivity contribution >= 4 is 11.8 Å². The van der Waals surface area contributed by atoms with Crippen LogP contribution >= 0.6 is 0 Å². The van der Waals surface area contributed by atoms with Gasteiger partial charge in [0.05, 0.1) is 12.6 Å². The van der Waals surface area contributed by atoms with Gasteiger partial charge in [0, 0.05) is 6.54 Å². The molecule has 0 aliphatic rings. The van der Waals surface area contributed by atoms with Crippen molar-refractivity contribution in [2.24, 2.45) is 0 Å². The summed E-state index contributed by atoms with van der Waals surface area (Å²) in [6, 6.07) is 19.1. The maximum absolute atomic E-state index is 12.0. The molecule has 0 spiro atoms. The fourth-order valence-corrected chi connectivity index (χ4v) is 2.44. The van der Waals surface area contributed by atoms with Gasteiger partial charge < -0.3 is 20.3 Å². The molecule has 0 saturated carbocycles. The number of likely N-dealkylation sites (N-methyl/N-ethyl adjacent to an activating group) is 1. The lowest BCUT2D eigenvalue weighted by Crippen LogP contribution is -2.41. The summed E-state index contributed by atoms with van der Waals surface area (Å²) in [6.45, 7) is 0.264. The summed E-state index contributed by atoms with van der Waals surface area (Å²) in [6.07, 6.45) is 0. The Hall–Kier alpha value is -2.86. The number of carbonyl (C=O) groups is 2. The first kappa shape index (κ1) is 19.5. The van der Waals surface area contributed by atoms with Crippen LogP contribution < -0.4 is 15.4 Å². The predicted molar refractivity (Wildman–Crippen MR) is 101 cm³/mol. The van der Waals surface area contributed by atoms with Crippen molar-refractivity contribution in [1.29, 1.82) is 0 Å². The first-order chi connectivity index (χ1) is 12.6. The van der Waals surface area contributed by atoms with Gasteiger partial charge in [-0.05, 0) is 31.8 Å². The summed E-state index contributed by atoms with van der Waals surface area (Å²) < 4.78 is 5.34. The molecule has 1 unspecified atom stereocenters. The molecule has 0 bridgehead atoms. The first-order valence-electron chi connectivity index (χ1n) is 8.49. The molecule has 0 heterocycles. The minimum atomic E-state index is -0.337. The number of carbonyl (C=O) groups excluding carboxylic acids is 2. The van der Waals surface area contributed by atoms with Crippen LogP contribution in [0.4, 0.5) is 0 Å². The van der Waals surface area contributed by atoms with Gasteiger partial charge in [-0.1, -0.05) is 48.5 Å². The molecule has 2 N–H and O–H groups in total. The van der Waals surface area contributed by atoms with Gasteiger partial charge >= 0.3 is 0 Å². The molecule has 6 nitrogen and oxygen atoms in total. The van der Waals surface area contributed by atoms with Crippen molar-refractivity contribution in [1.82, 2.24) is 15.5 Å². The molecule has 2 aromatic carbocycles. The number of nitrogens with zero attached hydrogens (tertiary/aromatic N) is 1. The van der Waals surface area contributed by atoms with Gasteiger partial charge in [-0.3, -0.25) is 9.59 Å². The van der Waals surface area contributed by atoms with Crippen molar-refractivity contribution in [3.63, 3.8) is 0 Å². The van der Waals surface area contributed by atoms with Crippen molar-refractivity contribution in [2.45, 2.75) is 6.04 Å². The summed E-state index contributed by atoms with van der Waals surface area (Å²) in [5.74, 6) is 0.0425. The second kappa shape index (κ2) is 10.2. The predicted octanol–water partition coefficient (Wildman–Crippen LogP) is 1.60. The quantitative estimate of drug-likeness (QED) is 0.717. The summed E-state index contributed by atoms with van der Waals surface area (Å²) >= 11 is 0. The van der Waals surface area contributed by atoms with Gasteiger partial charge in [0.1, 0.15) is 5.75 Å². The number of amides is 2. The minimum absolute atomic E-state index is 0.0669. The Morgan fingerprint density at radius 1 is 0.923 bits per heavy atom. The number of hydrogen-bond donors (Lipinski definition) is 2. The van der Waals surface area contributed by atoms with Crippen molar-refractivity contribution in [2.75, 3.05) is 33.8 Å². The topological polar surface area (TPSA) is 70.7 Å². The number of rotatable bonds is 9. The molecule has 0 saturated heterocycles. The third kappa shape index (κ3) is 6.57. The van der Waals surface area contributed by atoms with Gasteiger partial charge in [-0.2, -0.15) is 0 Å². The van der Waals surface area contributed by atoms with Gasteiger partial charge in [-0.15, -0.1) is 0 Å². The minimum Gasteiger partial charge on any atom is -0.484 e. The highest BCUT2D eigenvalue weighted by atomic mass is 16.5. The molecule has 2 aromatic rings. The summed E-state index contributed by atoms with van der Waals surface area (Å²) in [5, 5.41) is 5.41. The third-order valence-electron chi connectivity index (χ3n) is 3.86.